The Morgan fingerprint density at radius 1 is 1.33 bits per heavy atom. The molecule has 4 heteroatoms. The van der Waals surface area contributed by atoms with Crippen LogP contribution in [0.1, 0.15) is 26.7 Å². The highest BCUT2D eigenvalue weighted by molar-refractivity contribution is 7.99. The maximum Gasteiger partial charge on any atom is 0.307 e. The quantitative estimate of drug-likeness (QED) is 0.450. The minimum atomic E-state index is -0.0905. The summed E-state index contributed by atoms with van der Waals surface area (Å²) in [6, 6.07) is 0. The molecule has 0 bridgehead atoms. The summed E-state index contributed by atoms with van der Waals surface area (Å²) in [6.45, 7) is 6.36. The van der Waals surface area contributed by atoms with E-state index in [1.807, 2.05) is 18.7 Å². The molecule has 0 unspecified atom stereocenters. The summed E-state index contributed by atoms with van der Waals surface area (Å²) >= 11 is 1.96. The SMILES string of the molecule is CCOC(=O)CCN(C)CCCSCC. The smallest absolute Gasteiger partial charge is 0.307 e. The van der Waals surface area contributed by atoms with Crippen LogP contribution >= 0.6 is 11.8 Å². The molecule has 0 aliphatic rings. The van der Waals surface area contributed by atoms with Crippen LogP contribution in [-0.4, -0.2) is 49.1 Å². The fraction of sp³-hybridized carbons (Fsp3) is 0.909. The van der Waals surface area contributed by atoms with Gasteiger partial charge in [0.15, 0.2) is 0 Å². The molecule has 0 N–H and O–H groups in total. The number of carbonyl (C=O) groups excluding carboxylic acids is 1. The molecule has 0 aliphatic carbocycles. The lowest BCUT2D eigenvalue weighted by atomic mass is 10.3. The lowest BCUT2D eigenvalue weighted by molar-refractivity contribution is -0.143. The Morgan fingerprint density at radius 2 is 2.07 bits per heavy atom. The number of hydrogen-bond donors (Lipinski definition) is 0. The third-order valence-electron chi connectivity index (χ3n) is 2.04. The first-order chi connectivity index (χ1) is 7.20. The van der Waals surface area contributed by atoms with Gasteiger partial charge >= 0.3 is 5.97 Å². The van der Waals surface area contributed by atoms with E-state index in [2.05, 4.69) is 18.9 Å². The highest BCUT2D eigenvalue weighted by atomic mass is 32.2. The zero-order valence-electron chi connectivity index (χ0n) is 10.1. The molecular weight excluding hydrogens is 210 g/mol. The zero-order chi connectivity index (χ0) is 11.5. The van der Waals surface area contributed by atoms with Gasteiger partial charge in [-0.3, -0.25) is 4.79 Å². The van der Waals surface area contributed by atoms with Gasteiger partial charge in [-0.2, -0.15) is 11.8 Å². The lowest BCUT2D eigenvalue weighted by Crippen LogP contribution is -2.24. The van der Waals surface area contributed by atoms with Crippen LogP contribution in [0, 0.1) is 0 Å². The summed E-state index contributed by atoms with van der Waals surface area (Å²) in [5.74, 6) is 2.31. The van der Waals surface area contributed by atoms with Crippen LogP contribution in [0.3, 0.4) is 0 Å². The van der Waals surface area contributed by atoms with Crippen LogP contribution in [0.15, 0.2) is 0 Å². The average Bonchev–Trinajstić information content (AvgIpc) is 2.22. The van der Waals surface area contributed by atoms with Crippen molar-refractivity contribution in [1.82, 2.24) is 4.90 Å². The van der Waals surface area contributed by atoms with E-state index in [-0.39, 0.29) is 5.97 Å². The molecule has 0 fully saturated rings. The summed E-state index contributed by atoms with van der Waals surface area (Å²) in [7, 11) is 2.05. The number of carbonyl (C=O) groups is 1. The topological polar surface area (TPSA) is 29.5 Å². The van der Waals surface area contributed by atoms with E-state index in [0.717, 1.165) is 13.1 Å². The van der Waals surface area contributed by atoms with E-state index in [1.165, 1.54) is 17.9 Å². The van der Waals surface area contributed by atoms with Crippen LogP contribution in [0.5, 0.6) is 0 Å². The van der Waals surface area contributed by atoms with Crippen molar-refractivity contribution in [2.24, 2.45) is 0 Å². The molecule has 0 aliphatic heterocycles. The van der Waals surface area contributed by atoms with E-state index >= 15 is 0 Å². The minimum Gasteiger partial charge on any atom is -0.466 e. The van der Waals surface area contributed by atoms with Crippen LogP contribution in [0.4, 0.5) is 0 Å². The third-order valence-corrected chi connectivity index (χ3v) is 3.02. The first-order valence-corrected chi connectivity index (χ1v) is 6.78. The third kappa shape index (κ3) is 10.1. The van der Waals surface area contributed by atoms with Crippen molar-refractivity contribution in [3.8, 4) is 0 Å². The monoisotopic (exact) mass is 233 g/mol. The molecule has 0 saturated carbocycles. The number of nitrogens with zero attached hydrogens (tertiary/aromatic N) is 1. The van der Waals surface area contributed by atoms with Gasteiger partial charge in [0.1, 0.15) is 0 Å². The van der Waals surface area contributed by atoms with Crippen LogP contribution in [0.2, 0.25) is 0 Å². The van der Waals surface area contributed by atoms with Gasteiger partial charge in [0.2, 0.25) is 0 Å². The lowest BCUT2D eigenvalue weighted by Gasteiger charge is -2.15. The van der Waals surface area contributed by atoms with Crippen molar-refractivity contribution in [3.05, 3.63) is 0 Å². The molecule has 0 atom stereocenters. The predicted octanol–water partition coefficient (Wildman–Crippen LogP) is 2.01. The second kappa shape index (κ2) is 10.3. The molecule has 0 radical (unpaired) electrons. The Kier molecular flexibility index (Phi) is 10.2. The number of hydrogen-bond acceptors (Lipinski definition) is 4. The van der Waals surface area contributed by atoms with Gasteiger partial charge in [-0.1, -0.05) is 6.92 Å². The maximum atomic E-state index is 11.1. The van der Waals surface area contributed by atoms with Crippen LogP contribution < -0.4 is 0 Å². The Labute approximate surface area is 97.5 Å². The number of rotatable bonds is 9. The highest BCUT2D eigenvalue weighted by Gasteiger charge is 2.04. The molecular formula is C11H23NO2S. The van der Waals surface area contributed by atoms with Crippen LogP contribution in [-0.2, 0) is 9.53 Å². The van der Waals surface area contributed by atoms with Crippen LogP contribution in [0.25, 0.3) is 0 Å². The van der Waals surface area contributed by atoms with Gasteiger partial charge in [0.05, 0.1) is 13.0 Å². The highest BCUT2D eigenvalue weighted by Crippen LogP contribution is 2.02. The molecule has 0 rings (SSSR count). The average molecular weight is 233 g/mol. The number of ether oxygens (including phenoxy) is 1. The number of esters is 1. The molecule has 0 heterocycles. The molecule has 0 saturated heterocycles. The summed E-state index contributed by atoms with van der Waals surface area (Å²) < 4.78 is 4.87. The largest absolute Gasteiger partial charge is 0.466 e. The van der Waals surface area contributed by atoms with Crippen molar-refractivity contribution < 1.29 is 9.53 Å². The molecule has 15 heavy (non-hydrogen) atoms. The van der Waals surface area contributed by atoms with Gasteiger partial charge in [-0.25, -0.2) is 0 Å². The van der Waals surface area contributed by atoms with Gasteiger partial charge in [0, 0.05) is 6.54 Å². The molecule has 0 aromatic carbocycles. The summed E-state index contributed by atoms with van der Waals surface area (Å²) in [5.41, 5.74) is 0. The van der Waals surface area contributed by atoms with Crippen molar-refractivity contribution in [1.29, 1.82) is 0 Å². The second-order valence-electron chi connectivity index (χ2n) is 3.41. The predicted molar refractivity (Wildman–Crippen MR) is 66.4 cm³/mol. The van der Waals surface area contributed by atoms with Gasteiger partial charge in [-0.05, 0) is 38.4 Å². The van der Waals surface area contributed by atoms with Gasteiger partial charge in [0.25, 0.3) is 0 Å². The molecule has 0 amide bonds. The summed E-state index contributed by atoms with van der Waals surface area (Å²) in [4.78, 5) is 13.3. The standard InChI is InChI=1S/C11H23NO2S/c1-4-14-11(13)7-9-12(3)8-6-10-15-5-2/h4-10H2,1-3H3. The molecule has 0 aromatic heterocycles. The zero-order valence-corrected chi connectivity index (χ0v) is 10.9. The molecule has 90 valence electrons. The normalized spacial score (nSPS) is 10.7. The van der Waals surface area contributed by atoms with Crippen molar-refractivity contribution in [2.45, 2.75) is 26.7 Å². The van der Waals surface area contributed by atoms with Crippen molar-refractivity contribution in [3.63, 3.8) is 0 Å². The fourth-order valence-electron chi connectivity index (χ4n) is 1.21. The van der Waals surface area contributed by atoms with E-state index in [1.54, 1.807) is 0 Å². The first kappa shape index (κ1) is 14.8. The van der Waals surface area contributed by atoms with Gasteiger partial charge < -0.3 is 9.64 Å². The van der Waals surface area contributed by atoms with Gasteiger partial charge in [-0.15, -0.1) is 0 Å². The first-order valence-electron chi connectivity index (χ1n) is 5.62. The summed E-state index contributed by atoms with van der Waals surface area (Å²) in [6.07, 6.45) is 1.70. The van der Waals surface area contributed by atoms with E-state index in [4.69, 9.17) is 4.74 Å². The van der Waals surface area contributed by atoms with E-state index in [0.29, 0.717) is 13.0 Å². The molecule has 3 nitrogen and oxygen atoms in total. The Hall–Kier alpha value is -0.220. The Bertz CT molecular complexity index is 165. The maximum absolute atomic E-state index is 11.1. The van der Waals surface area contributed by atoms with E-state index in [9.17, 15) is 4.79 Å². The van der Waals surface area contributed by atoms with Crippen molar-refractivity contribution >= 4 is 17.7 Å². The Morgan fingerprint density at radius 3 is 2.67 bits per heavy atom. The fourth-order valence-corrected chi connectivity index (χ4v) is 1.83. The minimum absolute atomic E-state index is 0.0905. The van der Waals surface area contributed by atoms with Crippen molar-refractivity contribution in [2.75, 3.05) is 38.2 Å². The second-order valence-corrected chi connectivity index (χ2v) is 4.80. The summed E-state index contributed by atoms with van der Waals surface area (Å²) in [5, 5.41) is 0. The van der Waals surface area contributed by atoms with E-state index < -0.39 is 0 Å². The molecule has 0 spiro atoms. The molecule has 0 aromatic rings. The Balaban J connectivity index is 3.32. The number of thioether (sulfide) groups is 1.